The molecule has 47 heavy (non-hydrogen) atoms. The first-order valence-electron chi connectivity index (χ1n) is 13.1. The summed E-state index contributed by atoms with van der Waals surface area (Å²) in [6.45, 7) is 6.04. The molecule has 0 aliphatic carbocycles. The monoisotopic (exact) mass is 695 g/mol. The fraction of sp³-hybridized carbons (Fsp3) is 0.500. The van der Waals surface area contributed by atoms with Gasteiger partial charge in [-0.25, -0.2) is 14.4 Å². The van der Waals surface area contributed by atoms with Crippen LogP contribution in [-0.4, -0.2) is 120 Å². The van der Waals surface area contributed by atoms with Crippen LogP contribution in [0.15, 0.2) is 36.4 Å². The van der Waals surface area contributed by atoms with E-state index in [1.54, 1.807) is 0 Å². The summed E-state index contributed by atoms with van der Waals surface area (Å²) in [6.07, 6.45) is -15.3. The number of likely N-dealkylation sites (N-methyl/N-ethyl adjacent to an activating group) is 1. The van der Waals surface area contributed by atoms with Gasteiger partial charge >= 0.3 is 36.4 Å². The van der Waals surface area contributed by atoms with Gasteiger partial charge in [0.2, 0.25) is 0 Å². The smallest absolute Gasteiger partial charge is 0.490 e. The Morgan fingerprint density at radius 3 is 1.55 bits per heavy atom. The highest BCUT2D eigenvalue weighted by Crippen LogP contribution is 2.30. The lowest BCUT2D eigenvalue weighted by molar-refractivity contribution is -0.193. The summed E-state index contributed by atoms with van der Waals surface area (Å²) in [5, 5.41) is 33.8. The lowest BCUT2D eigenvalue weighted by Gasteiger charge is -2.17. The Morgan fingerprint density at radius 2 is 1.21 bits per heavy atom. The Labute approximate surface area is 260 Å². The van der Waals surface area contributed by atoms with E-state index in [-0.39, 0.29) is 0 Å². The normalized spacial score (nSPS) is 17.2. The minimum absolute atomic E-state index is 0.689. The molecule has 2 saturated heterocycles. The number of rotatable bonds is 6. The number of carboxylic acids is 3. The number of alkyl halides is 9. The molecule has 2 aliphatic rings. The molecule has 0 spiro atoms. The van der Waals surface area contributed by atoms with Crippen LogP contribution < -0.4 is 15.0 Å². The summed E-state index contributed by atoms with van der Waals surface area (Å²) in [5.74, 6) is -4.87. The number of hydrogen-bond donors (Lipinski definition) is 4. The zero-order valence-electron chi connectivity index (χ0n) is 24.5. The first-order chi connectivity index (χ1) is 21.5. The lowest BCUT2D eigenvalue weighted by Crippen LogP contribution is -2.26. The molecule has 2 fully saturated rings. The van der Waals surface area contributed by atoms with Crippen molar-refractivity contribution in [2.45, 2.75) is 18.5 Å². The predicted molar refractivity (Wildman–Crippen MR) is 145 cm³/mol. The van der Waals surface area contributed by atoms with Crippen molar-refractivity contribution in [3.8, 4) is 17.0 Å². The van der Waals surface area contributed by atoms with Gasteiger partial charge in [0.05, 0.1) is 5.69 Å². The van der Waals surface area contributed by atoms with Crippen molar-refractivity contribution in [1.29, 1.82) is 0 Å². The van der Waals surface area contributed by atoms with Gasteiger partial charge in [-0.05, 0) is 62.3 Å². The summed E-state index contributed by atoms with van der Waals surface area (Å²) in [4.78, 5) is 31.2. The number of halogens is 9. The van der Waals surface area contributed by atoms with E-state index in [2.05, 4.69) is 37.4 Å². The van der Waals surface area contributed by atoms with Gasteiger partial charge < -0.3 is 35.2 Å². The van der Waals surface area contributed by atoms with Crippen LogP contribution in [-0.2, 0) is 14.4 Å². The van der Waals surface area contributed by atoms with Crippen LogP contribution in [0.5, 0.6) is 5.75 Å². The molecule has 21 heteroatoms. The van der Waals surface area contributed by atoms with Gasteiger partial charge in [-0.1, -0.05) is 0 Å². The minimum Gasteiger partial charge on any atom is -0.492 e. The maximum Gasteiger partial charge on any atom is 0.490 e. The van der Waals surface area contributed by atoms with Crippen LogP contribution in [0.3, 0.4) is 0 Å². The molecule has 0 saturated carbocycles. The molecule has 2 atom stereocenters. The second-order valence-corrected chi connectivity index (χ2v) is 9.95. The van der Waals surface area contributed by atoms with E-state index in [1.807, 2.05) is 38.4 Å². The van der Waals surface area contributed by atoms with Crippen LogP contribution >= 0.6 is 0 Å². The number of carbonyl (C=O) groups is 3. The zero-order valence-corrected chi connectivity index (χ0v) is 24.5. The number of anilines is 1. The van der Waals surface area contributed by atoms with Crippen molar-refractivity contribution >= 4 is 23.7 Å². The van der Waals surface area contributed by atoms with Crippen molar-refractivity contribution in [1.82, 2.24) is 20.4 Å². The highest BCUT2D eigenvalue weighted by Gasteiger charge is 2.39. The molecule has 264 valence electrons. The Kier molecular flexibility index (Phi) is 15.1. The molecule has 0 radical (unpaired) electrons. The third-order valence-electron chi connectivity index (χ3n) is 6.05. The third-order valence-corrected chi connectivity index (χ3v) is 6.05. The van der Waals surface area contributed by atoms with E-state index in [0.29, 0.717) is 6.61 Å². The second-order valence-electron chi connectivity index (χ2n) is 9.95. The van der Waals surface area contributed by atoms with Crippen molar-refractivity contribution in [2.75, 3.05) is 58.3 Å². The highest BCUT2D eigenvalue weighted by atomic mass is 19.4. The Balaban J connectivity index is 0.000000430. The second kappa shape index (κ2) is 17.5. The molecular formula is C26H30F9N5O7. The van der Waals surface area contributed by atoms with Gasteiger partial charge in [0.25, 0.3) is 0 Å². The molecule has 3 heterocycles. The number of nitrogens with one attached hydrogen (secondary N) is 1. The van der Waals surface area contributed by atoms with Crippen molar-refractivity contribution in [3.05, 3.63) is 36.4 Å². The number of fused-ring (bicyclic) bond motifs is 1. The van der Waals surface area contributed by atoms with E-state index in [0.717, 1.165) is 67.4 Å². The van der Waals surface area contributed by atoms with Gasteiger partial charge in [-0.3, -0.25) is 0 Å². The van der Waals surface area contributed by atoms with E-state index >= 15 is 0 Å². The molecule has 0 bridgehead atoms. The molecule has 2 aromatic rings. The zero-order chi connectivity index (χ0) is 36.2. The topological polar surface area (TPSA) is 165 Å². The number of ether oxygens (including phenoxy) is 1. The molecule has 0 amide bonds. The summed E-state index contributed by atoms with van der Waals surface area (Å²) in [7, 11) is 4.08. The maximum absolute atomic E-state index is 10.6. The number of hydrogen-bond acceptors (Lipinski definition) is 9. The fourth-order valence-electron chi connectivity index (χ4n) is 3.76. The van der Waals surface area contributed by atoms with Crippen molar-refractivity contribution < 1.29 is 74.0 Å². The first kappa shape index (κ1) is 40.6. The molecular weight excluding hydrogens is 665 g/mol. The molecule has 1 aromatic heterocycles. The molecule has 4 rings (SSSR count). The van der Waals surface area contributed by atoms with E-state index in [9.17, 15) is 39.5 Å². The summed E-state index contributed by atoms with van der Waals surface area (Å²) >= 11 is 0. The average Bonchev–Trinajstić information content (AvgIpc) is 3.56. The van der Waals surface area contributed by atoms with Gasteiger partial charge in [0, 0.05) is 38.3 Å². The fourth-order valence-corrected chi connectivity index (χ4v) is 3.76. The predicted octanol–water partition coefficient (Wildman–Crippen LogP) is 3.64. The van der Waals surface area contributed by atoms with Gasteiger partial charge in [0.1, 0.15) is 12.4 Å². The molecule has 1 aromatic carbocycles. The summed E-state index contributed by atoms with van der Waals surface area (Å²) < 4.78 is 101. The molecule has 12 nitrogen and oxygen atoms in total. The Hall–Kier alpha value is -4.40. The van der Waals surface area contributed by atoms with Crippen molar-refractivity contribution in [2.24, 2.45) is 11.8 Å². The van der Waals surface area contributed by atoms with E-state index < -0.39 is 36.4 Å². The minimum atomic E-state index is -5.08. The highest BCUT2D eigenvalue weighted by molar-refractivity contribution is 5.73. The quantitative estimate of drug-likeness (QED) is 0.325. The molecule has 4 N–H and O–H groups in total. The third kappa shape index (κ3) is 15.2. The van der Waals surface area contributed by atoms with Crippen LogP contribution in [0.2, 0.25) is 0 Å². The Bertz CT molecular complexity index is 1220. The summed E-state index contributed by atoms with van der Waals surface area (Å²) in [6, 6.07) is 12.2. The standard InChI is InChI=1S/C20H27N5O.3C2HF3O2/c1-24(2)9-10-26-18-5-3-15(4-6-18)19-7-8-20(23-22-19)25-13-16-11-21-12-17(16)14-25;3*3-2(4,5)1(6)7/h3-8,16-17,21H,9-14H2,1-2H3;3*(H,6,7). The molecule has 2 aliphatic heterocycles. The van der Waals surface area contributed by atoms with Gasteiger partial charge in [-0.2, -0.15) is 39.5 Å². The van der Waals surface area contributed by atoms with Crippen LogP contribution in [0.25, 0.3) is 11.3 Å². The largest absolute Gasteiger partial charge is 0.492 e. The number of aliphatic carboxylic acids is 3. The van der Waals surface area contributed by atoms with Gasteiger partial charge in [0.15, 0.2) is 5.82 Å². The van der Waals surface area contributed by atoms with Crippen molar-refractivity contribution in [3.63, 3.8) is 0 Å². The maximum atomic E-state index is 10.6. The molecule has 2 unspecified atom stereocenters. The number of aromatic nitrogens is 2. The SMILES string of the molecule is CN(C)CCOc1ccc(-c2ccc(N3CC4CNCC4C3)nn2)cc1.O=C(O)C(F)(F)F.O=C(O)C(F)(F)F.O=C(O)C(F)(F)F. The number of benzene rings is 1. The van der Waals surface area contributed by atoms with Gasteiger partial charge in [-0.15, -0.1) is 10.2 Å². The number of nitrogens with zero attached hydrogens (tertiary/aromatic N) is 4. The summed E-state index contributed by atoms with van der Waals surface area (Å²) in [5.41, 5.74) is 1.96. The van der Waals surface area contributed by atoms with E-state index in [4.69, 9.17) is 34.4 Å². The average molecular weight is 696 g/mol. The Morgan fingerprint density at radius 1 is 0.787 bits per heavy atom. The van der Waals surface area contributed by atoms with E-state index in [1.165, 1.54) is 0 Å². The number of carboxylic acid groups (broad SMARTS) is 3. The van der Waals surface area contributed by atoms with Crippen LogP contribution in [0.4, 0.5) is 45.3 Å². The lowest BCUT2D eigenvalue weighted by atomic mass is 10.0. The van der Waals surface area contributed by atoms with Crippen LogP contribution in [0, 0.1) is 11.8 Å². The first-order valence-corrected chi connectivity index (χ1v) is 13.1. The van der Waals surface area contributed by atoms with Crippen LogP contribution in [0.1, 0.15) is 0 Å².